The Labute approximate surface area is 106 Å². The van der Waals surface area contributed by atoms with Crippen LogP contribution in [0, 0.1) is 0 Å². The summed E-state index contributed by atoms with van der Waals surface area (Å²) in [7, 11) is 0. The van der Waals surface area contributed by atoms with Crippen molar-refractivity contribution in [3.8, 4) is 0 Å². The van der Waals surface area contributed by atoms with Crippen LogP contribution in [-0.2, 0) is 0 Å². The Morgan fingerprint density at radius 3 is 3.06 bits per heavy atom. The third-order valence-electron chi connectivity index (χ3n) is 2.28. The van der Waals surface area contributed by atoms with Gasteiger partial charge < -0.3 is 16.0 Å². The molecule has 0 aliphatic carbocycles. The molecule has 6 heteroatoms. The summed E-state index contributed by atoms with van der Waals surface area (Å²) in [6, 6.07) is 3.36. The second-order valence-corrected chi connectivity index (χ2v) is 4.68. The molecule has 0 unspecified atom stereocenters. The molecule has 17 heavy (non-hydrogen) atoms. The molecule has 1 aromatic carbocycles. The van der Waals surface area contributed by atoms with Crippen molar-refractivity contribution in [1.82, 2.24) is 9.97 Å². The number of hydrogen-bond acceptors (Lipinski definition) is 4. The predicted octanol–water partition coefficient (Wildman–Crippen LogP) is 1.83. The summed E-state index contributed by atoms with van der Waals surface area (Å²) in [5, 5.41) is 3.58. The molecule has 0 aliphatic heterocycles. The fourth-order valence-corrected chi connectivity index (χ4v) is 1.62. The maximum Gasteiger partial charge on any atom is 0.258 e. The zero-order chi connectivity index (χ0) is 12.4. The van der Waals surface area contributed by atoms with Gasteiger partial charge in [-0.15, -0.1) is 0 Å². The first-order chi connectivity index (χ1) is 8.08. The summed E-state index contributed by atoms with van der Waals surface area (Å²) in [6.45, 7) is 4.27. The number of aromatic nitrogens is 2. The summed E-state index contributed by atoms with van der Waals surface area (Å²) < 4.78 is 0.816. The van der Waals surface area contributed by atoms with Crippen molar-refractivity contribution in [2.24, 2.45) is 0 Å². The fourth-order valence-electron chi connectivity index (χ4n) is 1.48. The molecular weight excluding hydrogens is 284 g/mol. The van der Waals surface area contributed by atoms with Crippen molar-refractivity contribution in [2.75, 3.05) is 17.6 Å². The SMILES string of the molecule is C=C(Br)CNc1cc2nc[nH]c(=O)c2cc1N. The van der Waals surface area contributed by atoms with E-state index in [4.69, 9.17) is 5.73 Å². The first-order valence-corrected chi connectivity index (χ1v) is 5.71. The van der Waals surface area contributed by atoms with E-state index in [0.29, 0.717) is 23.1 Å². The number of aromatic amines is 1. The van der Waals surface area contributed by atoms with Crippen LogP contribution in [-0.4, -0.2) is 16.5 Å². The molecule has 0 saturated heterocycles. The highest BCUT2D eigenvalue weighted by Crippen LogP contribution is 2.23. The Kier molecular flexibility index (Phi) is 3.14. The number of benzene rings is 1. The van der Waals surface area contributed by atoms with E-state index in [0.717, 1.165) is 10.2 Å². The Bertz CT molecular complexity index is 635. The van der Waals surface area contributed by atoms with E-state index in [-0.39, 0.29) is 5.56 Å². The Hall–Kier alpha value is -1.82. The minimum atomic E-state index is -0.196. The van der Waals surface area contributed by atoms with Crippen LogP contribution in [0.5, 0.6) is 0 Å². The van der Waals surface area contributed by atoms with Gasteiger partial charge in [0.1, 0.15) is 0 Å². The molecular formula is C11H11BrN4O. The minimum absolute atomic E-state index is 0.196. The van der Waals surface area contributed by atoms with E-state index >= 15 is 0 Å². The van der Waals surface area contributed by atoms with Gasteiger partial charge in [-0.3, -0.25) is 4.79 Å². The molecule has 0 radical (unpaired) electrons. The lowest BCUT2D eigenvalue weighted by Gasteiger charge is -2.09. The zero-order valence-electron chi connectivity index (χ0n) is 8.96. The number of fused-ring (bicyclic) bond motifs is 1. The molecule has 0 aliphatic rings. The average Bonchev–Trinajstić information content (AvgIpc) is 2.28. The van der Waals surface area contributed by atoms with Gasteiger partial charge in [-0.25, -0.2) is 4.98 Å². The van der Waals surface area contributed by atoms with Crippen LogP contribution in [0.25, 0.3) is 10.9 Å². The summed E-state index contributed by atoms with van der Waals surface area (Å²) >= 11 is 3.25. The lowest BCUT2D eigenvalue weighted by molar-refractivity contribution is 1.17. The number of nitrogens with zero attached hydrogens (tertiary/aromatic N) is 1. The van der Waals surface area contributed by atoms with Crippen LogP contribution in [0.15, 0.2) is 34.3 Å². The maximum atomic E-state index is 11.5. The molecule has 2 aromatic rings. The molecule has 0 saturated carbocycles. The summed E-state index contributed by atoms with van der Waals surface area (Å²) in [6.07, 6.45) is 1.37. The number of rotatable bonds is 3. The molecule has 0 bridgehead atoms. The maximum absolute atomic E-state index is 11.5. The topological polar surface area (TPSA) is 83.8 Å². The molecule has 88 valence electrons. The number of nitrogen functional groups attached to an aromatic ring is 1. The Balaban J connectivity index is 2.48. The van der Waals surface area contributed by atoms with E-state index in [1.165, 1.54) is 6.33 Å². The molecule has 0 atom stereocenters. The number of anilines is 2. The number of nitrogens with two attached hydrogens (primary N) is 1. The van der Waals surface area contributed by atoms with E-state index in [1.54, 1.807) is 12.1 Å². The van der Waals surface area contributed by atoms with Gasteiger partial charge in [0.15, 0.2) is 0 Å². The minimum Gasteiger partial charge on any atom is -0.397 e. The Morgan fingerprint density at radius 2 is 2.35 bits per heavy atom. The van der Waals surface area contributed by atoms with Gasteiger partial charge in [0.2, 0.25) is 0 Å². The van der Waals surface area contributed by atoms with Crippen molar-refractivity contribution in [1.29, 1.82) is 0 Å². The molecule has 4 N–H and O–H groups in total. The molecule has 2 rings (SSSR count). The van der Waals surface area contributed by atoms with Crippen molar-refractivity contribution >= 4 is 38.2 Å². The average molecular weight is 295 g/mol. The molecule has 1 aromatic heterocycles. The lowest BCUT2D eigenvalue weighted by atomic mass is 10.2. The van der Waals surface area contributed by atoms with E-state index in [1.807, 2.05) is 0 Å². The van der Waals surface area contributed by atoms with E-state index in [9.17, 15) is 4.79 Å². The number of hydrogen-bond donors (Lipinski definition) is 3. The first-order valence-electron chi connectivity index (χ1n) is 4.92. The quantitative estimate of drug-likeness (QED) is 0.754. The predicted molar refractivity (Wildman–Crippen MR) is 73.3 cm³/mol. The van der Waals surface area contributed by atoms with E-state index < -0.39 is 0 Å². The third kappa shape index (κ3) is 2.47. The van der Waals surface area contributed by atoms with Crippen molar-refractivity contribution in [3.05, 3.63) is 39.9 Å². The normalized spacial score (nSPS) is 10.4. The zero-order valence-corrected chi connectivity index (χ0v) is 10.5. The fraction of sp³-hybridized carbons (Fsp3) is 0.0909. The molecule has 0 fully saturated rings. The number of nitrogens with one attached hydrogen (secondary N) is 2. The summed E-state index contributed by atoms with van der Waals surface area (Å²) in [4.78, 5) is 18.1. The van der Waals surface area contributed by atoms with Gasteiger partial charge >= 0.3 is 0 Å². The lowest BCUT2D eigenvalue weighted by Crippen LogP contribution is -2.09. The van der Waals surface area contributed by atoms with Crippen LogP contribution in [0.4, 0.5) is 11.4 Å². The smallest absolute Gasteiger partial charge is 0.258 e. The highest BCUT2D eigenvalue weighted by atomic mass is 79.9. The molecule has 0 spiro atoms. The largest absolute Gasteiger partial charge is 0.397 e. The highest BCUT2D eigenvalue weighted by molar-refractivity contribution is 9.11. The van der Waals surface area contributed by atoms with Gasteiger partial charge in [-0.1, -0.05) is 22.5 Å². The Morgan fingerprint density at radius 1 is 1.59 bits per heavy atom. The van der Waals surface area contributed by atoms with Gasteiger partial charge in [-0.05, 0) is 12.1 Å². The van der Waals surface area contributed by atoms with Crippen molar-refractivity contribution < 1.29 is 0 Å². The van der Waals surface area contributed by atoms with E-state index in [2.05, 4.69) is 37.8 Å². The molecule has 0 amide bonds. The van der Waals surface area contributed by atoms with Gasteiger partial charge in [0.05, 0.1) is 28.6 Å². The third-order valence-corrected chi connectivity index (χ3v) is 2.56. The second-order valence-electron chi connectivity index (χ2n) is 3.56. The molecule has 5 nitrogen and oxygen atoms in total. The standard InChI is InChI=1S/C11H11BrN4O/c1-6(12)4-14-10-3-9-7(2-8(10)13)11(17)16-5-15-9/h2-3,5,14H,1,4,13H2,(H,15,16,17). The number of halogens is 1. The van der Waals surface area contributed by atoms with Crippen LogP contribution < -0.4 is 16.6 Å². The van der Waals surface area contributed by atoms with Gasteiger partial charge in [0, 0.05) is 11.0 Å². The van der Waals surface area contributed by atoms with Gasteiger partial charge in [0.25, 0.3) is 5.56 Å². The van der Waals surface area contributed by atoms with Crippen LogP contribution in [0.1, 0.15) is 0 Å². The van der Waals surface area contributed by atoms with Crippen LogP contribution in [0.2, 0.25) is 0 Å². The highest BCUT2D eigenvalue weighted by Gasteiger charge is 2.05. The monoisotopic (exact) mass is 294 g/mol. The molecule has 1 heterocycles. The summed E-state index contributed by atoms with van der Waals surface area (Å²) in [5.74, 6) is 0. The van der Waals surface area contributed by atoms with Crippen LogP contribution in [0.3, 0.4) is 0 Å². The number of H-pyrrole nitrogens is 1. The second kappa shape index (κ2) is 4.58. The van der Waals surface area contributed by atoms with Crippen molar-refractivity contribution in [3.63, 3.8) is 0 Å². The van der Waals surface area contributed by atoms with Gasteiger partial charge in [-0.2, -0.15) is 0 Å². The van der Waals surface area contributed by atoms with Crippen LogP contribution >= 0.6 is 15.9 Å². The first kappa shape index (κ1) is 11.7. The van der Waals surface area contributed by atoms with Crippen molar-refractivity contribution in [2.45, 2.75) is 0 Å². The summed E-state index contributed by atoms with van der Waals surface area (Å²) in [5.41, 5.74) is 7.50.